The normalized spacial score (nSPS) is 17.6. The number of nitrogens with one attached hydrogen (secondary N) is 2. The SMILES string of the molecule is CCOc1ccc(-c2nc(C)c(C(=O)N3CCC(NC(=O)NC4CCCCC4)CC3)s2)cc1. The number of ether oxygens (including phenoxy) is 1. The molecule has 2 fully saturated rings. The van der Waals surface area contributed by atoms with E-state index in [1.54, 1.807) is 0 Å². The third-order valence-electron chi connectivity index (χ3n) is 6.46. The van der Waals surface area contributed by atoms with Gasteiger partial charge in [-0.05, 0) is 63.8 Å². The average Bonchev–Trinajstić information content (AvgIpc) is 3.22. The fourth-order valence-electron chi connectivity index (χ4n) is 4.61. The molecule has 2 aliphatic rings. The number of urea groups is 1. The van der Waals surface area contributed by atoms with Gasteiger partial charge in [-0.2, -0.15) is 0 Å². The number of carbonyl (C=O) groups excluding carboxylic acids is 2. The molecule has 0 spiro atoms. The molecule has 3 amide bonds. The molecule has 0 radical (unpaired) electrons. The summed E-state index contributed by atoms with van der Waals surface area (Å²) in [6, 6.07) is 8.17. The van der Waals surface area contributed by atoms with Crippen LogP contribution in [0, 0.1) is 6.92 Å². The van der Waals surface area contributed by atoms with Crippen LogP contribution in [0.1, 0.15) is 67.2 Å². The number of carbonyl (C=O) groups is 2. The second-order valence-electron chi connectivity index (χ2n) is 8.91. The monoisotopic (exact) mass is 470 g/mol. The summed E-state index contributed by atoms with van der Waals surface area (Å²) in [7, 11) is 0. The zero-order chi connectivity index (χ0) is 23.2. The number of aromatic nitrogens is 1. The van der Waals surface area contributed by atoms with E-state index in [1.165, 1.54) is 30.6 Å². The first-order valence-electron chi connectivity index (χ1n) is 12.1. The van der Waals surface area contributed by atoms with Crippen molar-refractivity contribution in [3.8, 4) is 16.3 Å². The zero-order valence-corrected chi connectivity index (χ0v) is 20.4. The predicted octanol–water partition coefficient (Wildman–Crippen LogP) is 4.75. The number of nitrogens with zero attached hydrogens (tertiary/aromatic N) is 2. The van der Waals surface area contributed by atoms with Crippen LogP contribution in [0.4, 0.5) is 4.79 Å². The van der Waals surface area contributed by atoms with E-state index in [0.29, 0.717) is 30.6 Å². The quantitative estimate of drug-likeness (QED) is 0.638. The molecule has 2 aromatic rings. The molecule has 1 saturated heterocycles. The number of amides is 3. The molecule has 1 aromatic heterocycles. The highest BCUT2D eigenvalue weighted by molar-refractivity contribution is 7.17. The smallest absolute Gasteiger partial charge is 0.315 e. The third kappa shape index (κ3) is 6.05. The first-order chi connectivity index (χ1) is 16.0. The van der Waals surface area contributed by atoms with Crippen molar-refractivity contribution in [1.82, 2.24) is 20.5 Å². The third-order valence-corrected chi connectivity index (χ3v) is 7.66. The fourth-order valence-corrected chi connectivity index (χ4v) is 5.65. The molecule has 2 heterocycles. The van der Waals surface area contributed by atoms with E-state index in [4.69, 9.17) is 4.74 Å². The lowest BCUT2D eigenvalue weighted by molar-refractivity contribution is 0.0712. The highest BCUT2D eigenvalue weighted by Gasteiger charge is 2.28. The van der Waals surface area contributed by atoms with Crippen LogP contribution >= 0.6 is 11.3 Å². The number of piperidine rings is 1. The summed E-state index contributed by atoms with van der Waals surface area (Å²) in [5.41, 5.74) is 1.75. The lowest BCUT2D eigenvalue weighted by Gasteiger charge is -2.33. The van der Waals surface area contributed by atoms with Crippen molar-refractivity contribution in [3.63, 3.8) is 0 Å². The van der Waals surface area contributed by atoms with Crippen molar-refractivity contribution in [2.75, 3.05) is 19.7 Å². The van der Waals surface area contributed by atoms with Gasteiger partial charge in [-0.25, -0.2) is 9.78 Å². The molecular formula is C25H34N4O3S. The van der Waals surface area contributed by atoms with Crippen LogP contribution in [0.15, 0.2) is 24.3 Å². The number of likely N-dealkylation sites (tertiary alicyclic amines) is 1. The molecule has 33 heavy (non-hydrogen) atoms. The molecule has 0 atom stereocenters. The van der Waals surface area contributed by atoms with E-state index in [-0.39, 0.29) is 18.0 Å². The highest BCUT2D eigenvalue weighted by atomic mass is 32.1. The summed E-state index contributed by atoms with van der Waals surface area (Å²) in [5, 5.41) is 7.07. The van der Waals surface area contributed by atoms with Crippen molar-refractivity contribution in [3.05, 3.63) is 34.8 Å². The summed E-state index contributed by atoms with van der Waals surface area (Å²) in [5.74, 6) is 0.863. The van der Waals surface area contributed by atoms with E-state index in [2.05, 4.69) is 15.6 Å². The second kappa shape index (κ2) is 11.0. The molecule has 8 heteroatoms. The van der Waals surface area contributed by atoms with Crippen LogP contribution in [0.3, 0.4) is 0 Å². The number of thiazole rings is 1. The van der Waals surface area contributed by atoms with Crippen molar-refractivity contribution >= 4 is 23.3 Å². The van der Waals surface area contributed by atoms with Gasteiger partial charge in [0.1, 0.15) is 15.6 Å². The minimum atomic E-state index is -0.0648. The standard InChI is InChI=1S/C25H34N4O3S/c1-3-32-21-11-9-18(10-12-21)23-26-17(2)22(33-23)24(30)29-15-13-20(14-16-29)28-25(31)27-19-7-5-4-6-8-19/h9-12,19-20H,3-8,13-16H2,1-2H3,(H2,27,28,31). The van der Waals surface area contributed by atoms with E-state index in [1.807, 2.05) is 43.0 Å². The van der Waals surface area contributed by atoms with Gasteiger partial charge in [0.2, 0.25) is 0 Å². The molecule has 1 aromatic carbocycles. The molecule has 4 rings (SSSR count). The molecule has 7 nitrogen and oxygen atoms in total. The number of benzene rings is 1. The van der Waals surface area contributed by atoms with Crippen molar-refractivity contribution < 1.29 is 14.3 Å². The average molecular weight is 471 g/mol. The zero-order valence-electron chi connectivity index (χ0n) is 19.6. The minimum Gasteiger partial charge on any atom is -0.494 e. The molecule has 178 valence electrons. The van der Waals surface area contributed by atoms with Crippen molar-refractivity contribution in [2.45, 2.75) is 70.9 Å². The molecule has 0 unspecified atom stereocenters. The van der Waals surface area contributed by atoms with E-state index in [0.717, 1.165) is 47.7 Å². The Morgan fingerprint density at radius 1 is 1.03 bits per heavy atom. The second-order valence-corrected chi connectivity index (χ2v) is 9.91. The van der Waals surface area contributed by atoms with Crippen LogP contribution in [0.2, 0.25) is 0 Å². The number of hydrogen-bond acceptors (Lipinski definition) is 5. The highest BCUT2D eigenvalue weighted by Crippen LogP contribution is 2.30. The Morgan fingerprint density at radius 2 is 1.67 bits per heavy atom. The van der Waals surface area contributed by atoms with Crippen LogP contribution in [-0.4, -0.2) is 53.6 Å². The number of aryl methyl sites for hydroxylation is 1. The van der Waals surface area contributed by atoms with Gasteiger partial charge in [-0.15, -0.1) is 11.3 Å². The Balaban J connectivity index is 1.30. The summed E-state index contributed by atoms with van der Waals surface area (Å²) in [4.78, 5) is 32.7. The fraction of sp³-hybridized carbons (Fsp3) is 0.560. The lowest BCUT2D eigenvalue weighted by atomic mass is 9.96. The molecular weight excluding hydrogens is 436 g/mol. The summed E-state index contributed by atoms with van der Waals surface area (Å²) >= 11 is 1.44. The molecule has 1 aliphatic heterocycles. The molecule has 0 bridgehead atoms. The van der Waals surface area contributed by atoms with Gasteiger partial charge < -0.3 is 20.3 Å². The van der Waals surface area contributed by atoms with Crippen molar-refractivity contribution in [1.29, 1.82) is 0 Å². The Kier molecular flexibility index (Phi) is 7.85. The van der Waals surface area contributed by atoms with Crippen LogP contribution < -0.4 is 15.4 Å². The van der Waals surface area contributed by atoms with Crippen LogP contribution in [0.5, 0.6) is 5.75 Å². The predicted molar refractivity (Wildman–Crippen MR) is 131 cm³/mol. The Labute approximate surface area is 199 Å². The van der Waals surface area contributed by atoms with Crippen LogP contribution in [0.25, 0.3) is 10.6 Å². The van der Waals surface area contributed by atoms with E-state index in [9.17, 15) is 9.59 Å². The van der Waals surface area contributed by atoms with Gasteiger partial charge in [-0.1, -0.05) is 19.3 Å². The maximum atomic E-state index is 13.2. The summed E-state index contributed by atoms with van der Waals surface area (Å²) in [6.07, 6.45) is 7.36. The minimum absolute atomic E-state index is 0.0345. The van der Waals surface area contributed by atoms with E-state index >= 15 is 0 Å². The molecule has 2 N–H and O–H groups in total. The molecule has 1 aliphatic carbocycles. The Bertz CT molecular complexity index is 945. The van der Waals surface area contributed by atoms with Gasteiger partial charge in [0.25, 0.3) is 5.91 Å². The van der Waals surface area contributed by atoms with E-state index < -0.39 is 0 Å². The van der Waals surface area contributed by atoms with Gasteiger partial charge in [0.05, 0.1) is 12.3 Å². The maximum Gasteiger partial charge on any atom is 0.315 e. The summed E-state index contributed by atoms with van der Waals surface area (Å²) in [6.45, 7) is 5.77. The lowest BCUT2D eigenvalue weighted by Crippen LogP contribution is -2.51. The Morgan fingerprint density at radius 3 is 2.30 bits per heavy atom. The van der Waals surface area contributed by atoms with Crippen LogP contribution in [-0.2, 0) is 0 Å². The Hall–Kier alpha value is -2.61. The summed E-state index contributed by atoms with van der Waals surface area (Å²) < 4.78 is 5.51. The van der Waals surface area contributed by atoms with Gasteiger partial charge >= 0.3 is 6.03 Å². The largest absolute Gasteiger partial charge is 0.494 e. The molecule has 1 saturated carbocycles. The number of rotatable bonds is 6. The maximum absolute atomic E-state index is 13.2. The first-order valence-corrected chi connectivity index (χ1v) is 12.9. The van der Waals surface area contributed by atoms with Gasteiger partial charge in [0, 0.05) is 30.7 Å². The van der Waals surface area contributed by atoms with Gasteiger partial charge in [0.15, 0.2) is 0 Å². The first kappa shape index (κ1) is 23.5. The van der Waals surface area contributed by atoms with Crippen molar-refractivity contribution in [2.24, 2.45) is 0 Å². The van der Waals surface area contributed by atoms with Gasteiger partial charge in [-0.3, -0.25) is 4.79 Å². The number of hydrogen-bond donors (Lipinski definition) is 2. The topological polar surface area (TPSA) is 83.6 Å².